The molecule has 1 aromatic heterocycles. The van der Waals surface area contributed by atoms with Crippen molar-refractivity contribution in [3.8, 4) is 21.8 Å². The van der Waals surface area contributed by atoms with E-state index >= 15 is 0 Å². The van der Waals surface area contributed by atoms with Crippen LogP contribution in [0.1, 0.15) is 90.5 Å². The molecule has 0 fully saturated rings. The fourth-order valence-corrected chi connectivity index (χ4v) is 5.66. The standard InChI is InChI=1S/C29H37NS/c1-9-19-16-23-24(29(7,8)15-14-28(23,5)6)17-22(19)25-18-31-26(30-25)20-10-12-21(13-11-20)27(2,3)4/h10-13,16-18H,9,14-15H2,1-8H3. The van der Waals surface area contributed by atoms with Gasteiger partial charge in [-0.1, -0.05) is 85.7 Å². The van der Waals surface area contributed by atoms with Crippen molar-refractivity contribution in [2.24, 2.45) is 0 Å². The lowest BCUT2D eigenvalue weighted by molar-refractivity contribution is 0.331. The highest BCUT2D eigenvalue weighted by atomic mass is 32.1. The molecule has 0 radical (unpaired) electrons. The molecule has 0 atom stereocenters. The second-order valence-electron chi connectivity index (χ2n) is 11.5. The van der Waals surface area contributed by atoms with Gasteiger partial charge in [-0.25, -0.2) is 4.98 Å². The maximum absolute atomic E-state index is 5.10. The minimum Gasteiger partial charge on any atom is -0.236 e. The zero-order valence-corrected chi connectivity index (χ0v) is 21.3. The summed E-state index contributed by atoms with van der Waals surface area (Å²) in [5.41, 5.74) is 10.1. The Hall–Kier alpha value is -1.93. The van der Waals surface area contributed by atoms with Gasteiger partial charge in [0.25, 0.3) is 0 Å². The average molecular weight is 432 g/mol. The molecule has 0 unspecified atom stereocenters. The van der Waals surface area contributed by atoms with Crippen LogP contribution in [0.15, 0.2) is 41.8 Å². The van der Waals surface area contributed by atoms with E-state index in [4.69, 9.17) is 4.98 Å². The molecule has 2 aromatic carbocycles. The maximum Gasteiger partial charge on any atom is 0.124 e. The van der Waals surface area contributed by atoms with E-state index in [-0.39, 0.29) is 16.2 Å². The van der Waals surface area contributed by atoms with E-state index in [1.165, 1.54) is 46.2 Å². The number of benzene rings is 2. The fraction of sp³-hybridized carbons (Fsp3) is 0.483. The Labute approximate surface area is 193 Å². The lowest BCUT2D eigenvalue weighted by Gasteiger charge is -2.42. The van der Waals surface area contributed by atoms with Crippen molar-refractivity contribution in [2.75, 3.05) is 0 Å². The lowest BCUT2D eigenvalue weighted by atomic mass is 9.62. The predicted molar refractivity (Wildman–Crippen MR) is 136 cm³/mol. The summed E-state index contributed by atoms with van der Waals surface area (Å²) in [5, 5.41) is 3.35. The molecule has 0 bridgehead atoms. The normalized spacial score (nSPS) is 17.4. The summed E-state index contributed by atoms with van der Waals surface area (Å²) in [5.74, 6) is 0. The van der Waals surface area contributed by atoms with Crippen LogP contribution < -0.4 is 0 Å². The van der Waals surface area contributed by atoms with Crippen molar-refractivity contribution in [3.63, 3.8) is 0 Å². The summed E-state index contributed by atoms with van der Waals surface area (Å²) in [7, 11) is 0. The topological polar surface area (TPSA) is 12.9 Å². The first-order valence-corrected chi connectivity index (χ1v) is 12.5. The zero-order valence-electron chi connectivity index (χ0n) is 20.5. The molecule has 1 heterocycles. The highest BCUT2D eigenvalue weighted by Crippen LogP contribution is 2.48. The third-order valence-corrected chi connectivity index (χ3v) is 8.13. The van der Waals surface area contributed by atoms with Gasteiger partial charge in [-0.15, -0.1) is 11.3 Å². The SMILES string of the molecule is CCc1cc2c(cc1-c1csc(-c3ccc(C(C)(C)C)cc3)n1)C(C)(C)CCC2(C)C. The van der Waals surface area contributed by atoms with Crippen LogP contribution in [0.2, 0.25) is 0 Å². The molecule has 31 heavy (non-hydrogen) atoms. The van der Waals surface area contributed by atoms with E-state index in [9.17, 15) is 0 Å². The van der Waals surface area contributed by atoms with Gasteiger partial charge in [0.05, 0.1) is 5.69 Å². The van der Waals surface area contributed by atoms with Crippen LogP contribution in [-0.2, 0) is 22.7 Å². The number of fused-ring (bicyclic) bond motifs is 1. The summed E-state index contributed by atoms with van der Waals surface area (Å²) in [6, 6.07) is 13.9. The summed E-state index contributed by atoms with van der Waals surface area (Å²) in [6.07, 6.45) is 3.52. The van der Waals surface area contributed by atoms with E-state index in [1.807, 2.05) is 0 Å². The second-order valence-corrected chi connectivity index (χ2v) is 12.4. The molecule has 1 aliphatic rings. The first kappa shape index (κ1) is 22.3. The van der Waals surface area contributed by atoms with Crippen LogP contribution in [-0.4, -0.2) is 4.98 Å². The number of nitrogens with zero attached hydrogens (tertiary/aromatic N) is 1. The Morgan fingerprint density at radius 2 is 1.48 bits per heavy atom. The highest BCUT2D eigenvalue weighted by Gasteiger charge is 2.37. The Bertz CT molecular complexity index is 1090. The van der Waals surface area contributed by atoms with Gasteiger partial charge < -0.3 is 0 Å². The summed E-state index contributed by atoms with van der Waals surface area (Å²) in [4.78, 5) is 5.10. The third kappa shape index (κ3) is 4.12. The fourth-order valence-electron chi connectivity index (χ4n) is 4.83. The van der Waals surface area contributed by atoms with Gasteiger partial charge in [-0.2, -0.15) is 0 Å². The number of aromatic nitrogens is 1. The molecule has 1 nitrogen and oxygen atoms in total. The predicted octanol–water partition coefficient (Wildman–Crippen LogP) is 8.69. The molecular weight excluding hydrogens is 394 g/mol. The zero-order chi connectivity index (χ0) is 22.6. The van der Waals surface area contributed by atoms with Crippen LogP contribution in [0, 0.1) is 0 Å². The lowest BCUT2D eigenvalue weighted by Crippen LogP contribution is -2.34. The second kappa shape index (κ2) is 7.59. The molecule has 164 valence electrons. The van der Waals surface area contributed by atoms with E-state index in [0.29, 0.717) is 0 Å². The van der Waals surface area contributed by atoms with Crippen LogP contribution in [0.5, 0.6) is 0 Å². The highest BCUT2D eigenvalue weighted by molar-refractivity contribution is 7.13. The van der Waals surface area contributed by atoms with Gasteiger partial charge in [-0.3, -0.25) is 0 Å². The minimum absolute atomic E-state index is 0.173. The van der Waals surface area contributed by atoms with Crippen molar-refractivity contribution in [1.29, 1.82) is 0 Å². The molecule has 0 saturated carbocycles. The first-order chi connectivity index (χ1) is 14.4. The summed E-state index contributed by atoms with van der Waals surface area (Å²) < 4.78 is 0. The Balaban J connectivity index is 1.77. The van der Waals surface area contributed by atoms with Crippen molar-refractivity contribution >= 4 is 11.3 Å². The average Bonchev–Trinajstić information content (AvgIpc) is 3.20. The van der Waals surface area contributed by atoms with E-state index in [2.05, 4.69) is 97.2 Å². The first-order valence-electron chi connectivity index (χ1n) is 11.7. The van der Waals surface area contributed by atoms with Gasteiger partial charge in [0.2, 0.25) is 0 Å². The van der Waals surface area contributed by atoms with Gasteiger partial charge in [0.1, 0.15) is 5.01 Å². The number of rotatable bonds is 3. The number of thiazole rings is 1. The van der Waals surface area contributed by atoms with Crippen LogP contribution in [0.4, 0.5) is 0 Å². The molecule has 0 spiro atoms. The summed E-state index contributed by atoms with van der Waals surface area (Å²) in [6.45, 7) is 18.7. The molecule has 0 aliphatic heterocycles. The van der Waals surface area contributed by atoms with Crippen molar-refractivity contribution in [3.05, 3.63) is 64.0 Å². The number of hydrogen-bond acceptors (Lipinski definition) is 2. The van der Waals surface area contributed by atoms with Gasteiger partial charge >= 0.3 is 0 Å². The smallest absolute Gasteiger partial charge is 0.124 e. The quantitative estimate of drug-likeness (QED) is 0.404. The molecule has 3 aromatic rings. The van der Waals surface area contributed by atoms with E-state index in [0.717, 1.165) is 17.1 Å². The summed E-state index contributed by atoms with van der Waals surface area (Å²) >= 11 is 1.76. The number of hydrogen-bond donors (Lipinski definition) is 0. The van der Waals surface area contributed by atoms with Gasteiger partial charge in [0, 0.05) is 16.5 Å². The van der Waals surface area contributed by atoms with Crippen molar-refractivity contribution < 1.29 is 0 Å². The monoisotopic (exact) mass is 431 g/mol. The van der Waals surface area contributed by atoms with Gasteiger partial charge in [0.15, 0.2) is 0 Å². The third-order valence-electron chi connectivity index (χ3n) is 7.24. The van der Waals surface area contributed by atoms with Crippen LogP contribution in [0.25, 0.3) is 21.8 Å². The van der Waals surface area contributed by atoms with Crippen molar-refractivity contribution in [2.45, 2.75) is 90.9 Å². The maximum atomic E-state index is 5.10. The van der Waals surface area contributed by atoms with Crippen LogP contribution in [0.3, 0.4) is 0 Å². The molecule has 2 heteroatoms. The van der Waals surface area contributed by atoms with E-state index < -0.39 is 0 Å². The van der Waals surface area contributed by atoms with Crippen molar-refractivity contribution in [1.82, 2.24) is 4.98 Å². The number of aryl methyl sites for hydroxylation is 1. The Morgan fingerprint density at radius 1 is 0.903 bits per heavy atom. The Kier molecular flexibility index (Phi) is 5.45. The molecular formula is C29H37NS. The molecule has 0 saturated heterocycles. The molecule has 1 aliphatic carbocycles. The van der Waals surface area contributed by atoms with Crippen LogP contribution >= 0.6 is 11.3 Å². The largest absolute Gasteiger partial charge is 0.236 e. The molecule has 4 rings (SSSR count). The molecule has 0 amide bonds. The van der Waals surface area contributed by atoms with E-state index in [1.54, 1.807) is 11.3 Å². The Morgan fingerprint density at radius 3 is 2.03 bits per heavy atom. The van der Waals surface area contributed by atoms with Gasteiger partial charge in [-0.05, 0) is 63.8 Å². The molecule has 0 N–H and O–H groups in total. The minimum atomic E-state index is 0.173.